The van der Waals surface area contributed by atoms with Crippen molar-refractivity contribution in [3.63, 3.8) is 0 Å². The fraction of sp³-hybridized carbons (Fsp3) is 0.211. The zero-order valence-corrected chi connectivity index (χ0v) is 14.3. The average molecular weight is 337 g/mol. The zero-order valence-electron chi connectivity index (χ0n) is 13.5. The number of aromatic nitrogens is 2. The van der Waals surface area contributed by atoms with Crippen LogP contribution in [0, 0.1) is 0 Å². The lowest BCUT2D eigenvalue weighted by molar-refractivity contribution is -0.116. The van der Waals surface area contributed by atoms with Crippen molar-refractivity contribution in [1.82, 2.24) is 9.97 Å². The summed E-state index contributed by atoms with van der Waals surface area (Å²) in [6.45, 7) is 2.08. The van der Waals surface area contributed by atoms with Gasteiger partial charge in [-0.2, -0.15) is 0 Å². The van der Waals surface area contributed by atoms with Gasteiger partial charge in [0.2, 0.25) is 5.91 Å². The molecule has 0 saturated carbocycles. The molecule has 0 aliphatic carbocycles. The molecule has 4 nitrogen and oxygen atoms in total. The number of nitrogens with one attached hydrogen (secondary N) is 1. The van der Waals surface area contributed by atoms with E-state index in [1.165, 1.54) is 0 Å². The number of hydrogen-bond donors (Lipinski definition) is 1. The Morgan fingerprint density at radius 2 is 1.96 bits per heavy atom. The summed E-state index contributed by atoms with van der Waals surface area (Å²) in [6, 6.07) is 11.8. The predicted octanol–water partition coefficient (Wildman–Crippen LogP) is 4.34. The highest BCUT2D eigenvalue weighted by Gasteiger charge is 2.09. The van der Waals surface area contributed by atoms with Crippen LogP contribution >= 0.6 is 11.3 Å². The van der Waals surface area contributed by atoms with Crippen LogP contribution in [0.25, 0.3) is 10.6 Å². The molecule has 0 radical (unpaired) electrons. The number of rotatable bonds is 6. The molecule has 0 atom stereocenters. The summed E-state index contributed by atoms with van der Waals surface area (Å²) < 4.78 is 0. The van der Waals surface area contributed by atoms with Crippen LogP contribution in [0.5, 0.6) is 0 Å². The van der Waals surface area contributed by atoms with E-state index >= 15 is 0 Å². The van der Waals surface area contributed by atoms with Gasteiger partial charge in [-0.15, -0.1) is 11.3 Å². The van der Waals surface area contributed by atoms with Gasteiger partial charge in [0.15, 0.2) is 0 Å². The van der Waals surface area contributed by atoms with Gasteiger partial charge in [0.25, 0.3) is 0 Å². The fourth-order valence-corrected chi connectivity index (χ4v) is 3.31. The number of amides is 1. The lowest BCUT2D eigenvalue weighted by Gasteiger charge is -2.09. The van der Waals surface area contributed by atoms with E-state index in [2.05, 4.69) is 22.2 Å². The van der Waals surface area contributed by atoms with Crippen LogP contribution in [0.4, 0.5) is 5.69 Å². The Morgan fingerprint density at radius 3 is 2.75 bits per heavy atom. The first-order chi connectivity index (χ1) is 11.8. The van der Waals surface area contributed by atoms with Crippen LogP contribution in [0.3, 0.4) is 0 Å². The number of thiazole rings is 1. The van der Waals surface area contributed by atoms with Gasteiger partial charge >= 0.3 is 0 Å². The molecule has 0 unspecified atom stereocenters. The van der Waals surface area contributed by atoms with Crippen molar-refractivity contribution in [1.29, 1.82) is 0 Å². The van der Waals surface area contributed by atoms with E-state index in [-0.39, 0.29) is 5.91 Å². The van der Waals surface area contributed by atoms with E-state index in [0.29, 0.717) is 12.8 Å². The van der Waals surface area contributed by atoms with Crippen LogP contribution < -0.4 is 5.32 Å². The second-order valence-electron chi connectivity index (χ2n) is 5.44. The largest absolute Gasteiger partial charge is 0.326 e. The van der Waals surface area contributed by atoms with Crippen molar-refractivity contribution in [3.8, 4) is 10.6 Å². The molecule has 0 aliphatic rings. The van der Waals surface area contributed by atoms with E-state index in [1.807, 2.05) is 41.8 Å². The van der Waals surface area contributed by atoms with Crippen LogP contribution in [-0.4, -0.2) is 15.9 Å². The molecule has 0 bridgehead atoms. The number of pyridine rings is 1. The van der Waals surface area contributed by atoms with Crippen LogP contribution in [0.15, 0.2) is 54.2 Å². The Bertz CT molecular complexity index is 814. The number of hydrogen-bond acceptors (Lipinski definition) is 4. The van der Waals surface area contributed by atoms with E-state index in [9.17, 15) is 4.79 Å². The second kappa shape index (κ2) is 7.84. The van der Waals surface area contributed by atoms with Crippen LogP contribution in [0.1, 0.15) is 24.6 Å². The summed E-state index contributed by atoms with van der Waals surface area (Å²) in [5.74, 6) is 0.0226. The summed E-state index contributed by atoms with van der Waals surface area (Å²) in [6.07, 6.45) is 5.49. The minimum atomic E-state index is 0.0226. The average Bonchev–Trinajstić information content (AvgIpc) is 3.10. The highest BCUT2D eigenvalue weighted by molar-refractivity contribution is 7.13. The maximum absolute atomic E-state index is 12.2. The molecule has 0 fully saturated rings. The molecule has 1 N–H and O–H groups in total. The highest BCUT2D eigenvalue weighted by Crippen LogP contribution is 2.23. The molecule has 3 aromatic rings. The molecule has 0 saturated heterocycles. The quantitative estimate of drug-likeness (QED) is 0.728. The van der Waals surface area contributed by atoms with Crippen molar-refractivity contribution >= 4 is 22.9 Å². The minimum Gasteiger partial charge on any atom is -0.326 e. The monoisotopic (exact) mass is 337 g/mol. The summed E-state index contributed by atoms with van der Waals surface area (Å²) in [5.41, 5.74) is 4.06. The third-order valence-electron chi connectivity index (χ3n) is 3.76. The molecule has 5 heteroatoms. The van der Waals surface area contributed by atoms with Gasteiger partial charge < -0.3 is 5.32 Å². The van der Waals surface area contributed by atoms with E-state index in [0.717, 1.165) is 33.9 Å². The van der Waals surface area contributed by atoms with E-state index in [4.69, 9.17) is 0 Å². The molecule has 2 aromatic heterocycles. The molecule has 1 aromatic carbocycles. The van der Waals surface area contributed by atoms with Crippen molar-refractivity contribution in [2.24, 2.45) is 0 Å². The molecule has 24 heavy (non-hydrogen) atoms. The first-order valence-corrected chi connectivity index (χ1v) is 8.87. The Labute approximate surface area is 145 Å². The number of nitrogens with zero attached hydrogens (tertiary/aromatic N) is 2. The third kappa shape index (κ3) is 4.06. The molecule has 3 rings (SSSR count). The lowest BCUT2D eigenvalue weighted by atomic mass is 10.1. The summed E-state index contributed by atoms with van der Waals surface area (Å²) in [7, 11) is 0. The Balaban J connectivity index is 1.58. The number of benzene rings is 1. The molecular formula is C19H19N3OS. The number of aryl methyl sites for hydroxylation is 2. The van der Waals surface area contributed by atoms with Gasteiger partial charge in [-0.25, -0.2) is 4.98 Å². The molecule has 0 aliphatic heterocycles. The maximum Gasteiger partial charge on any atom is 0.224 e. The van der Waals surface area contributed by atoms with Gasteiger partial charge in [0.1, 0.15) is 5.01 Å². The summed E-state index contributed by atoms with van der Waals surface area (Å²) in [4.78, 5) is 20.8. The second-order valence-corrected chi connectivity index (χ2v) is 6.30. The first kappa shape index (κ1) is 16.3. The topological polar surface area (TPSA) is 54.9 Å². The molecule has 0 spiro atoms. The van der Waals surface area contributed by atoms with E-state index < -0.39 is 0 Å². The fourth-order valence-electron chi connectivity index (χ4n) is 2.45. The Hall–Kier alpha value is -2.53. The van der Waals surface area contributed by atoms with Gasteiger partial charge in [-0.1, -0.05) is 25.1 Å². The van der Waals surface area contributed by atoms with Gasteiger partial charge in [0.05, 0.1) is 5.69 Å². The molecule has 122 valence electrons. The smallest absolute Gasteiger partial charge is 0.224 e. The minimum absolute atomic E-state index is 0.0226. The maximum atomic E-state index is 12.2. The third-order valence-corrected chi connectivity index (χ3v) is 4.70. The molecule has 1 amide bonds. The zero-order chi connectivity index (χ0) is 16.8. The number of para-hydroxylation sites is 1. The van der Waals surface area contributed by atoms with Crippen molar-refractivity contribution in [2.75, 3.05) is 5.32 Å². The SMILES string of the molecule is CCc1ccccc1NC(=O)CCc1csc(-c2ccncc2)n1. The van der Waals surface area contributed by atoms with Crippen molar-refractivity contribution < 1.29 is 4.79 Å². The molecular weight excluding hydrogens is 318 g/mol. The highest BCUT2D eigenvalue weighted by atomic mass is 32.1. The standard InChI is InChI=1S/C19H19N3OS/c1-2-14-5-3-4-6-17(14)22-18(23)8-7-16-13-24-19(21-16)15-9-11-20-12-10-15/h3-6,9-13H,2,7-8H2,1H3,(H,22,23). The summed E-state index contributed by atoms with van der Waals surface area (Å²) >= 11 is 1.59. The Kier molecular flexibility index (Phi) is 5.33. The number of anilines is 1. The van der Waals surface area contributed by atoms with Gasteiger partial charge in [-0.3, -0.25) is 9.78 Å². The normalized spacial score (nSPS) is 10.5. The lowest BCUT2D eigenvalue weighted by Crippen LogP contribution is -2.13. The van der Waals surface area contributed by atoms with Gasteiger partial charge in [0, 0.05) is 35.4 Å². The van der Waals surface area contributed by atoms with E-state index in [1.54, 1.807) is 23.7 Å². The molecule has 2 heterocycles. The van der Waals surface area contributed by atoms with Crippen LogP contribution in [-0.2, 0) is 17.6 Å². The summed E-state index contributed by atoms with van der Waals surface area (Å²) in [5, 5.41) is 5.98. The van der Waals surface area contributed by atoms with Crippen molar-refractivity contribution in [3.05, 3.63) is 65.4 Å². The number of carbonyl (C=O) groups is 1. The van der Waals surface area contributed by atoms with Crippen LogP contribution in [0.2, 0.25) is 0 Å². The first-order valence-electron chi connectivity index (χ1n) is 7.99. The predicted molar refractivity (Wildman–Crippen MR) is 98.1 cm³/mol. The van der Waals surface area contributed by atoms with Crippen molar-refractivity contribution in [2.45, 2.75) is 26.2 Å². The van der Waals surface area contributed by atoms with Gasteiger partial charge in [-0.05, 0) is 36.6 Å². The Morgan fingerprint density at radius 1 is 1.17 bits per heavy atom. The number of carbonyl (C=O) groups excluding carboxylic acids is 1.